The number of halogens is 3. The zero-order chi connectivity index (χ0) is 14.0. The molecule has 0 unspecified atom stereocenters. The van der Waals surface area contributed by atoms with Crippen LogP contribution in [0.5, 0.6) is 0 Å². The molecular formula is C12H8BrF2N3O. The first-order chi connectivity index (χ1) is 8.99. The standard InChI is InChI=1S/C12H8BrF2N3O/c13-7-4-9(15)10(5-8(7)14)18-12(19)6-2-1-3-17-11(6)16/h1-5H,(H2,16,17)(H,18,19). The molecule has 2 rings (SSSR count). The molecule has 4 nitrogen and oxygen atoms in total. The molecule has 98 valence electrons. The van der Waals surface area contributed by atoms with Crippen molar-refractivity contribution in [1.29, 1.82) is 0 Å². The van der Waals surface area contributed by atoms with Gasteiger partial charge in [0.05, 0.1) is 15.7 Å². The van der Waals surface area contributed by atoms with Crippen LogP contribution in [0, 0.1) is 11.6 Å². The van der Waals surface area contributed by atoms with Gasteiger partial charge in [-0.15, -0.1) is 0 Å². The smallest absolute Gasteiger partial charge is 0.259 e. The van der Waals surface area contributed by atoms with E-state index in [0.717, 1.165) is 12.1 Å². The largest absolute Gasteiger partial charge is 0.383 e. The summed E-state index contributed by atoms with van der Waals surface area (Å²) >= 11 is 2.85. The van der Waals surface area contributed by atoms with Gasteiger partial charge in [-0.1, -0.05) is 0 Å². The first kappa shape index (κ1) is 13.4. The number of benzene rings is 1. The van der Waals surface area contributed by atoms with Crippen molar-refractivity contribution in [2.75, 3.05) is 11.1 Å². The van der Waals surface area contributed by atoms with Crippen molar-refractivity contribution in [2.24, 2.45) is 0 Å². The normalized spacial score (nSPS) is 10.3. The minimum Gasteiger partial charge on any atom is -0.383 e. The fraction of sp³-hybridized carbons (Fsp3) is 0. The molecule has 1 aromatic heterocycles. The second kappa shape index (κ2) is 5.31. The number of anilines is 2. The van der Waals surface area contributed by atoms with Crippen molar-refractivity contribution in [3.63, 3.8) is 0 Å². The summed E-state index contributed by atoms with van der Waals surface area (Å²) in [5, 5.41) is 2.24. The summed E-state index contributed by atoms with van der Waals surface area (Å²) in [6, 6.07) is 4.76. The van der Waals surface area contributed by atoms with Crippen LogP contribution in [0.15, 0.2) is 34.9 Å². The maximum absolute atomic E-state index is 13.5. The Balaban J connectivity index is 2.30. The van der Waals surface area contributed by atoms with E-state index in [1.807, 2.05) is 0 Å². The summed E-state index contributed by atoms with van der Waals surface area (Å²) in [5.41, 5.74) is 5.34. The van der Waals surface area contributed by atoms with Crippen molar-refractivity contribution < 1.29 is 13.6 Å². The van der Waals surface area contributed by atoms with Crippen LogP contribution in [0.25, 0.3) is 0 Å². The predicted molar refractivity (Wildman–Crippen MR) is 70.7 cm³/mol. The van der Waals surface area contributed by atoms with E-state index < -0.39 is 17.5 Å². The van der Waals surface area contributed by atoms with Crippen molar-refractivity contribution in [3.8, 4) is 0 Å². The van der Waals surface area contributed by atoms with Gasteiger partial charge < -0.3 is 11.1 Å². The SMILES string of the molecule is Nc1ncccc1C(=O)Nc1cc(F)c(Br)cc1F. The Hall–Kier alpha value is -2.02. The number of aromatic nitrogens is 1. The highest BCUT2D eigenvalue weighted by molar-refractivity contribution is 9.10. The van der Waals surface area contributed by atoms with Gasteiger partial charge in [0.25, 0.3) is 5.91 Å². The maximum Gasteiger partial charge on any atom is 0.259 e. The van der Waals surface area contributed by atoms with Gasteiger partial charge in [0.2, 0.25) is 0 Å². The average Bonchev–Trinajstić information content (AvgIpc) is 2.36. The molecule has 0 saturated carbocycles. The summed E-state index contributed by atoms with van der Waals surface area (Å²) in [6.07, 6.45) is 1.42. The zero-order valence-corrected chi connectivity index (χ0v) is 11.0. The van der Waals surface area contributed by atoms with E-state index in [4.69, 9.17) is 5.73 Å². The number of nitrogen functional groups attached to an aromatic ring is 1. The lowest BCUT2D eigenvalue weighted by molar-refractivity contribution is 0.102. The molecule has 1 aromatic carbocycles. The molecule has 0 bridgehead atoms. The molecule has 0 atom stereocenters. The quantitative estimate of drug-likeness (QED) is 0.833. The second-order valence-electron chi connectivity index (χ2n) is 3.64. The lowest BCUT2D eigenvalue weighted by Crippen LogP contribution is -2.15. The molecule has 7 heteroatoms. The highest BCUT2D eigenvalue weighted by Gasteiger charge is 2.14. The summed E-state index contributed by atoms with van der Waals surface area (Å²) in [6.45, 7) is 0. The Kier molecular flexibility index (Phi) is 3.75. The Bertz CT molecular complexity index is 649. The van der Waals surface area contributed by atoms with Gasteiger partial charge in [0.1, 0.15) is 17.5 Å². The van der Waals surface area contributed by atoms with Crippen LogP contribution in [0.3, 0.4) is 0 Å². The molecule has 3 N–H and O–H groups in total. The molecule has 1 heterocycles. The van der Waals surface area contributed by atoms with Crippen LogP contribution < -0.4 is 11.1 Å². The Morgan fingerprint density at radius 2 is 2.05 bits per heavy atom. The van der Waals surface area contributed by atoms with Crippen LogP contribution >= 0.6 is 15.9 Å². The van der Waals surface area contributed by atoms with E-state index in [0.29, 0.717) is 0 Å². The molecule has 2 aromatic rings. The zero-order valence-electron chi connectivity index (χ0n) is 9.45. The van der Waals surface area contributed by atoms with E-state index in [1.165, 1.54) is 18.3 Å². The van der Waals surface area contributed by atoms with Gasteiger partial charge in [0.15, 0.2) is 0 Å². The van der Waals surface area contributed by atoms with Gasteiger partial charge in [-0.05, 0) is 34.1 Å². The molecule has 0 aliphatic heterocycles. The Labute approximate surface area is 115 Å². The summed E-state index contributed by atoms with van der Waals surface area (Å²) in [5.74, 6) is -2.09. The number of nitrogens with zero attached hydrogens (tertiary/aromatic N) is 1. The highest BCUT2D eigenvalue weighted by atomic mass is 79.9. The molecule has 0 fully saturated rings. The fourth-order valence-electron chi connectivity index (χ4n) is 1.42. The third-order valence-corrected chi connectivity index (χ3v) is 2.95. The van der Waals surface area contributed by atoms with E-state index in [9.17, 15) is 13.6 Å². The van der Waals surface area contributed by atoms with E-state index in [-0.39, 0.29) is 21.5 Å². The molecular weight excluding hydrogens is 320 g/mol. The van der Waals surface area contributed by atoms with Crippen molar-refractivity contribution >= 4 is 33.3 Å². The van der Waals surface area contributed by atoms with Gasteiger partial charge in [-0.25, -0.2) is 13.8 Å². The number of nitrogens with one attached hydrogen (secondary N) is 1. The first-order valence-electron chi connectivity index (χ1n) is 5.15. The number of hydrogen-bond acceptors (Lipinski definition) is 3. The first-order valence-corrected chi connectivity index (χ1v) is 5.94. The Morgan fingerprint density at radius 3 is 2.74 bits per heavy atom. The van der Waals surface area contributed by atoms with Crippen LogP contribution in [-0.2, 0) is 0 Å². The van der Waals surface area contributed by atoms with Gasteiger partial charge in [-0.3, -0.25) is 4.79 Å². The number of nitrogens with two attached hydrogens (primary N) is 1. The number of hydrogen-bond donors (Lipinski definition) is 2. The molecule has 0 saturated heterocycles. The summed E-state index contributed by atoms with van der Waals surface area (Å²) in [7, 11) is 0. The number of amides is 1. The van der Waals surface area contributed by atoms with Crippen LogP contribution in [-0.4, -0.2) is 10.9 Å². The molecule has 0 spiro atoms. The molecule has 0 aliphatic rings. The topological polar surface area (TPSA) is 68.0 Å². The van der Waals surface area contributed by atoms with Gasteiger partial charge >= 0.3 is 0 Å². The number of carbonyl (C=O) groups is 1. The summed E-state index contributed by atoms with van der Waals surface area (Å²) < 4.78 is 26.8. The van der Waals surface area contributed by atoms with Crippen LogP contribution in [0.1, 0.15) is 10.4 Å². The fourth-order valence-corrected chi connectivity index (χ4v) is 1.73. The number of rotatable bonds is 2. The van der Waals surface area contributed by atoms with E-state index >= 15 is 0 Å². The van der Waals surface area contributed by atoms with Crippen molar-refractivity contribution in [1.82, 2.24) is 4.98 Å². The average molecular weight is 328 g/mol. The lowest BCUT2D eigenvalue weighted by Gasteiger charge is -2.08. The number of carbonyl (C=O) groups excluding carboxylic acids is 1. The van der Waals surface area contributed by atoms with Crippen LogP contribution in [0.4, 0.5) is 20.3 Å². The lowest BCUT2D eigenvalue weighted by atomic mass is 10.2. The predicted octanol–water partition coefficient (Wildman–Crippen LogP) is 2.96. The molecule has 1 amide bonds. The summed E-state index contributed by atoms with van der Waals surface area (Å²) in [4.78, 5) is 15.6. The minimum atomic E-state index is -0.760. The molecule has 0 radical (unpaired) electrons. The van der Waals surface area contributed by atoms with Gasteiger partial charge in [-0.2, -0.15) is 0 Å². The molecule has 0 aliphatic carbocycles. The maximum atomic E-state index is 13.5. The van der Waals surface area contributed by atoms with Crippen LogP contribution in [0.2, 0.25) is 0 Å². The number of pyridine rings is 1. The minimum absolute atomic E-state index is 0.0120. The third kappa shape index (κ3) is 2.87. The monoisotopic (exact) mass is 327 g/mol. The van der Waals surface area contributed by atoms with Gasteiger partial charge in [0, 0.05) is 12.3 Å². The third-order valence-electron chi connectivity index (χ3n) is 2.34. The van der Waals surface area contributed by atoms with E-state index in [1.54, 1.807) is 0 Å². The Morgan fingerprint density at radius 1 is 1.32 bits per heavy atom. The van der Waals surface area contributed by atoms with Crippen molar-refractivity contribution in [2.45, 2.75) is 0 Å². The van der Waals surface area contributed by atoms with E-state index in [2.05, 4.69) is 26.2 Å². The highest BCUT2D eigenvalue weighted by Crippen LogP contribution is 2.24. The molecule has 19 heavy (non-hydrogen) atoms. The second-order valence-corrected chi connectivity index (χ2v) is 4.49. The van der Waals surface area contributed by atoms with Crippen molar-refractivity contribution in [3.05, 3.63) is 52.1 Å².